The normalized spacial score (nSPS) is 27.5. The maximum absolute atomic E-state index is 12.0. The molecule has 1 aliphatic carbocycles. The van der Waals surface area contributed by atoms with E-state index in [1.807, 2.05) is 14.0 Å². The molecule has 5 heteroatoms. The minimum Gasteiger partial charge on any atom is -0.307 e. The molecule has 3 unspecified atom stereocenters. The smallest absolute Gasteiger partial charge is 0.307 e. The Kier molecular flexibility index (Phi) is 5.92. The van der Waals surface area contributed by atoms with Crippen molar-refractivity contribution in [2.45, 2.75) is 57.8 Å². The third-order valence-electron chi connectivity index (χ3n) is 3.95. The Hall–Kier alpha value is -0.290. The fraction of sp³-hybridized carbons (Fsp3) is 1.00. The van der Waals surface area contributed by atoms with E-state index in [2.05, 4.69) is 17.1 Å². The first-order valence-corrected chi connectivity index (χ1v) is 6.79. The van der Waals surface area contributed by atoms with Gasteiger partial charge in [-0.2, -0.15) is 13.2 Å². The molecular weight excluding hydrogens is 241 g/mol. The third-order valence-corrected chi connectivity index (χ3v) is 3.95. The maximum atomic E-state index is 12.0. The molecule has 1 aliphatic rings. The summed E-state index contributed by atoms with van der Waals surface area (Å²) in [4.78, 5) is 2.24. The number of hydrogen-bond donors (Lipinski definition) is 1. The molecule has 0 radical (unpaired) electrons. The van der Waals surface area contributed by atoms with Gasteiger partial charge in [0, 0.05) is 18.6 Å². The van der Waals surface area contributed by atoms with Crippen molar-refractivity contribution in [3.63, 3.8) is 0 Å². The predicted molar refractivity (Wildman–Crippen MR) is 67.6 cm³/mol. The van der Waals surface area contributed by atoms with E-state index in [9.17, 15) is 13.2 Å². The summed E-state index contributed by atoms with van der Waals surface area (Å²) in [6.07, 6.45) is 0.742. The van der Waals surface area contributed by atoms with Crippen molar-refractivity contribution in [2.24, 2.45) is 5.92 Å². The van der Waals surface area contributed by atoms with Gasteiger partial charge in [-0.15, -0.1) is 0 Å². The zero-order chi connectivity index (χ0) is 13.8. The molecule has 18 heavy (non-hydrogen) atoms. The van der Waals surface area contributed by atoms with E-state index in [-0.39, 0.29) is 6.04 Å². The molecule has 0 aliphatic heterocycles. The molecule has 0 aromatic carbocycles. The quantitative estimate of drug-likeness (QED) is 0.823. The van der Waals surface area contributed by atoms with Gasteiger partial charge in [-0.3, -0.25) is 4.90 Å². The van der Waals surface area contributed by atoms with Crippen LogP contribution in [0.5, 0.6) is 0 Å². The summed E-state index contributed by atoms with van der Waals surface area (Å²) in [5.41, 5.74) is 0. The predicted octanol–water partition coefficient (Wildman–Crippen LogP) is 3.04. The van der Waals surface area contributed by atoms with Crippen molar-refractivity contribution in [3.8, 4) is 0 Å². The molecular formula is C13H25F3N2. The average molecular weight is 266 g/mol. The minimum atomic E-state index is -4.11. The van der Waals surface area contributed by atoms with Crippen LogP contribution in [0.25, 0.3) is 0 Å². The van der Waals surface area contributed by atoms with Crippen LogP contribution in [0.4, 0.5) is 13.2 Å². The van der Waals surface area contributed by atoms with Gasteiger partial charge in [0.05, 0.1) is 6.54 Å². The van der Waals surface area contributed by atoms with E-state index >= 15 is 0 Å². The van der Waals surface area contributed by atoms with Crippen LogP contribution in [0.2, 0.25) is 0 Å². The van der Waals surface area contributed by atoms with Gasteiger partial charge >= 0.3 is 6.18 Å². The van der Waals surface area contributed by atoms with Crippen LogP contribution in [-0.2, 0) is 0 Å². The number of alkyl halides is 3. The van der Waals surface area contributed by atoms with Crippen molar-refractivity contribution in [1.82, 2.24) is 10.2 Å². The Labute approximate surface area is 108 Å². The topological polar surface area (TPSA) is 15.3 Å². The van der Waals surface area contributed by atoms with Crippen molar-refractivity contribution >= 4 is 0 Å². The van der Waals surface area contributed by atoms with Crippen LogP contribution >= 0.6 is 0 Å². The van der Waals surface area contributed by atoms with Crippen molar-refractivity contribution in [3.05, 3.63) is 0 Å². The molecule has 0 aromatic rings. The van der Waals surface area contributed by atoms with E-state index in [4.69, 9.17) is 0 Å². The van der Waals surface area contributed by atoms with Crippen LogP contribution in [-0.4, -0.2) is 43.3 Å². The SMILES string of the molecule is CC1CCCC(N(C)C(C)CNCC(F)(F)F)C1. The van der Waals surface area contributed by atoms with Gasteiger partial charge in [0.1, 0.15) is 0 Å². The second-order valence-corrected chi connectivity index (χ2v) is 5.69. The highest BCUT2D eigenvalue weighted by Gasteiger charge is 2.28. The summed E-state index contributed by atoms with van der Waals surface area (Å²) in [5.74, 6) is 0.738. The molecule has 1 saturated carbocycles. The Bertz CT molecular complexity index is 243. The van der Waals surface area contributed by atoms with Gasteiger partial charge in [0.25, 0.3) is 0 Å². The average Bonchev–Trinajstić information content (AvgIpc) is 2.26. The lowest BCUT2D eigenvalue weighted by Crippen LogP contribution is -2.46. The summed E-state index contributed by atoms with van der Waals surface area (Å²) in [6.45, 7) is 3.74. The van der Waals surface area contributed by atoms with Crippen LogP contribution in [0, 0.1) is 5.92 Å². The molecule has 0 spiro atoms. The fourth-order valence-electron chi connectivity index (χ4n) is 2.70. The second kappa shape index (κ2) is 6.75. The highest BCUT2D eigenvalue weighted by Crippen LogP contribution is 2.27. The van der Waals surface area contributed by atoms with E-state index in [1.165, 1.54) is 25.7 Å². The number of nitrogens with one attached hydrogen (secondary N) is 1. The van der Waals surface area contributed by atoms with E-state index in [1.54, 1.807) is 0 Å². The second-order valence-electron chi connectivity index (χ2n) is 5.69. The number of nitrogens with zero attached hydrogens (tertiary/aromatic N) is 1. The molecule has 3 atom stereocenters. The van der Waals surface area contributed by atoms with Crippen LogP contribution in [0.1, 0.15) is 39.5 Å². The van der Waals surface area contributed by atoms with Crippen molar-refractivity contribution < 1.29 is 13.2 Å². The first kappa shape index (κ1) is 15.8. The standard InChI is InChI=1S/C13H25F3N2/c1-10-5-4-6-12(7-10)18(3)11(2)8-17-9-13(14,15)16/h10-12,17H,4-9H2,1-3H3. The van der Waals surface area contributed by atoms with Gasteiger partial charge < -0.3 is 5.32 Å². The lowest BCUT2D eigenvalue weighted by molar-refractivity contribution is -0.125. The lowest BCUT2D eigenvalue weighted by atomic mass is 9.86. The molecule has 0 amide bonds. The third kappa shape index (κ3) is 5.57. The zero-order valence-corrected chi connectivity index (χ0v) is 11.6. The number of rotatable bonds is 5. The number of halogens is 3. The van der Waals surface area contributed by atoms with Gasteiger partial charge in [0.15, 0.2) is 0 Å². The van der Waals surface area contributed by atoms with Gasteiger partial charge in [-0.05, 0) is 32.7 Å². The fourth-order valence-corrected chi connectivity index (χ4v) is 2.70. The van der Waals surface area contributed by atoms with E-state index < -0.39 is 12.7 Å². The summed E-state index contributed by atoms with van der Waals surface area (Å²) < 4.78 is 36.1. The van der Waals surface area contributed by atoms with Gasteiger partial charge in [-0.1, -0.05) is 19.8 Å². The Balaban J connectivity index is 2.29. The summed E-state index contributed by atoms with van der Waals surface area (Å²) in [7, 11) is 2.03. The molecule has 0 bridgehead atoms. The van der Waals surface area contributed by atoms with Gasteiger partial charge in [-0.25, -0.2) is 0 Å². The number of likely N-dealkylation sites (N-methyl/N-ethyl adjacent to an activating group) is 1. The molecule has 1 rings (SSSR count). The molecule has 0 heterocycles. The molecule has 1 N–H and O–H groups in total. The monoisotopic (exact) mass is 266 g/mol. The molecule has 0 aromatic heterocycles. The summed E-state index contributed by atoms with van der Waals surface area (Å²) in [6, 6.07) is 0.666. The zero-order valence-electron chi connectivity index (χ0n) is 11.6. The molecule has 0 saturated heterocycles. The highest BCUT2D eigenvalue weighted by atomic mass is 19.4. The lowest BCUT2D eigenvalue weighted by Gasteiger charge is -2.37. The summed E-state index contributed by atoms with van der Waals surface area (Å²) in [5, 5.41) is 2.49. The van der Waals surface area contributed by atoms with Gasteiger partial charge in [0.2, 0.25) is 0 Å². The van der Waals surface area contributed by atoms with Crippen LogP contribution < -0.4 is 5.32 Å². The Morgan fingerprint density at radius 1 is 1.33 bits per heavy atom. The molecule has 108 valence electrons. The maximum Gasteiger partial charge on any atom is 0.401 e. The Morgan fingerprint density at radius 3 is 2.56 bits per heavy atom. The minimum absolute atomic E-state index is 0.141. The van der Waals surface area contributed by atoms with Crippen molar-refractivity contribution in [2.75, 3.05) is 20.1 Å². The first-order chi connectivity index (χ1) is 8.29. The van der Waals surface area contributed by atoms with Crippen molar-refractivity contribution in [1.29, 1.82) is 0 Å². The van der Waals surface area contributed by atoms with Crippen LogP contribution in [0.3, 0.4) is 0 Å². The largest absolute Gasteiger partial charge is 0.401 e. The molecule has 1 fully saturated rings. The first-order valence-electron chi connectivity index (χ1n) is 6.79. The molecule has 2 nitrogen and oxygen atoms in total. The van der Waals surface area contributed by atoms with E-state index in [0.717, 1.165) is 5.92 Å². The summed E-state index contributed by atoms with van der Waals surface area (Å²) >= 11 is 0. The van der Waals surface area contributed by atoms with E-state index in [0.29, 0.717) is 12.6 Å². The Morgan fingerprint density at radius 2 is 2.00 bits per heavy atom. The van der Waals surface area contributed by atoms with Crippen LogP contribution in [0.15, 0.2) is 0 Å². The number of hydrogen-bond acceptors (Lipinski definition) is 2. The highest BCUT2D eigenvalue weighted by molar-refractivity contribution is 4.80.